The Kier molecular flexibility index (Phi) is 7.05. The molecule has 0 aliphatic carbocycles. The minimum Gasteiger partial charge on any atom is -0.493 e. The standard InChI is InChI=1S/C17H18N4O4S/c1-3-4-15-19-17(21-20-15)26-14(16(22)23)10-11-5-6-12(25-8-7-18)13(9-11)24-2/h5-6,9-10H,3-4,8H2,1-2H3,(H,22,23)(H,19,20,21)/b14-10-. The van der Waals surface area contributed by atoms with Crippen molar-refractivity contribution < 1.29 is 19.4 Å². The zero-order valence-electron chi connectivity index (χ0n) is 14.4. The van der Waals surface area contributed by atoms with Crippen LogP contribution in [-0.2, 0) is 11.2 Å². The van der Waals surface area contributed by atoms with Crippen LogP contribution in [0.2, 0.25) is 0 Å². The number of nitrogens with one attached hydrogen (secondary N) is 1. The second-order valence-electron chi connectivity index (χ2n) is 5.09. The van der Waals surface area contributed by atoms with E-state index in [1.807, 2.05) is 13.0 Å². The fraction of sp³-hybridized carbons (Fsp3) is 0.294. The van der Waals surface area contributed by atoms with Crippen LogP contribution >= 0.6 is 11.8 Å². The Bertz CT molecular complexity index is 842. The molecule has 0 spiro atoms. The molecule has 2 N–H and O–H groups in total. The third kappa shape index (κ3) is 5.26. The smallest absolute Gasteiger partial charge is 0.342 e. The molecule has 0 saturated carbocycles. The van der Waals surface area contributed by atoms with Crippen molar-refractivity contribution in [1.29, 1.82) is 5.26 Å². The highest BCUT2D eigenvalue weighted by molar-refractivity contribution is 8.04. The first-order valence-corrected chi connectivity index (χ1v) is 8.61. The molecule has 2 aromatic rings. The average molecular weight is 374 g/mol. The third-order valence-electron chi connectivity index (χ3n) is 3.19. The first kappa shape index (κ1) is 19.3. The molecule has 0 aliphatic rings. The van der Waals surface area contributed by atoms with Crippen molar-refractivity contribution in [3.05, 3.63) is 34.5 Å². The van der Waals surface area contributed by atoms with Crippen molar-refractivity contribution in [2.45, 2.75) is 24.9 Å². The van der Waals surface area contributed by atoms with Crippen LogP contribution in [0.5, 0.6) is 11.5 Å². The quantitative estimate of drug-likeness (QED) is 0.507. The molecule has 1 heterocycles. The lowest BCUT2D eigenvalue weighted by molar-refractivity contribution is -0.131. The zero-order chi connectivity index (χ0) is 18.9. The number of ether oxygens (including phenoxy) is 2. The fourth-order valence-corrected chi connectivity index (χ4v) is 2.79. The van der Waals surface area contributed by atoms with Gasteiger partial charge in [-0.15, -0.1) is 5.10 Å². The fourth-order valence-electron chi connectivity index (χ4n) is 2.06. The van der Waals surface area contributed by atoms with Crippen LogP contribution in [0.15, 0.2) is 28.3 Å². The number of aryl methyl sites for hydroxylation is 1. The van der Waals surface area contributed by atoms with Crippen LogP contribution < -0.4 is 9.47 Å². The van der Waals surface area contributed by atoms with E-state index in [2.05, 4.69) is 15.2 Å². The number of carboxylic acids is 1. The molecule has 1 aromatic carbocycles. The first-order valence-electron chi connectivity index (χ1n) is 7.79. The number of aliphatic carboxylic acids is 1. The topological polar surface area (TPSA) is 121 Å². The monoisotopic (exact) mass is 374 g/mol. The van der Waals surface area contributed by atoms with Crippen molar-refractivity contribution >= 4 is 23.8 Å². The van der Waals surface area contributed by atoms with Gasteiger partial charge in [0, 0.05) is 6.42 Å². The summed E-state index contributed by atoms with van der Waals surface area (Å²) in [5.41, 5.74) is 0.611. The number of hydrogen-bond acceptors (Lipinski definition) is 7. The van der Waals surface area contributed by atoms with Gasteiger partial charge in [-0.1, -0.05) is 13.0 Å². The van der Waals surface area contributed by atoms with Gasteiger partial charge in [-0.3, -0.25) is 5.10 Å². The highest BCUT2D eigenvalue weighted by atomic mass is 32.2. The second kappa shape index (κ2) is 9.48. The molecule has 0 aliphatic heterocycles. The molecule has 0 fully saturated rings. The zero-order valence-corrected chi connectivity index (χ0v) is 15.2. The number of nitrogens with zero attached hydrogens (tertiary/aromatic N) is 3. The van der Waals surface area contributed by atoms with Gasteiger partial charge < -0.3 is 14.6 Å². The van der Waals surface area contributed by atoms with Crippen LogP contribution in [0.3, 0.4) is 0 Å². The SMILES string of the molecule is CCCc1nc(S/C(=C\c2ccc(OCC#N)c(OC)c2)C(=O)O)n[nH]1. The number of nitriles is 1. The number of carboxylic acid groups (broad SMARTS) is 1. The number of rotatable bonds is 9. The van der Waals surface area contributed by atoms with E-state index in [0.29, 0.717) is 22.2 Å². The Morgan fingerprint density at radius 1 is 1.46 bits per heavy atom. The van der Waals surface area contributed by atoms with Gasteiger partial charge in [0.2, 0.25) is 5.16 Å². The van der Waals surface area contributed by atoms with Crippen molar-refractivity contribution in [2.24, 2.45) is 0 Å². The van der Waals surface area contributed by atoms with Gasteiger partial charge in [0.15, 0.2) is 18.1 Å². The van der Waals surface area contributed by atoms with Gasteiger partial charge in [0.1, 0.15) is 16.8 Å². The minimum atomic E-state index is -1.08. The van der Waals surface area contributed by atoms with Gasteiger partial charge in [-0.05, 0) is 42.0 Å². The van der Waals surface area contributed by atoms with Gasteiger partial charge in [0.05, 0.1) is 7.11 Å². The Morgan fingerprint density at radius 3 is 2.92 bits per heavy atom. The summed E-state index contributed by atoms with van der Waals surface area (Å²) in [5.74, 6) is 0.460. The van der Waals surface area contributed by atoms with E-state index in [0.717, 1.165) is 30.4 Å². The normalized spacial score (nSPS) is 11.0. The molecule has 0 radical (unpaired) electrons. The summed E-state index contributed by atoms with van der Waals surface area (Å²) in [5, 5.41) is 25.2. The molecule has 9 heteroatoms. The highest BCUT2D eigenvalue weighted by Crippen LogP contribution is 2.31. The Labute approximate surface area is 154 Å². The predicted octanol–water partition coefficient (Wildman–Crippen LogP) is 2.89. The number of benzene rings is 1. The number of carbonyl (C=O) groups is 1. The van der Waals surface area contributed by atoms with Gasteiger partial charge in [0.25, 0.3) is 0 Å². The van der Waals surface area contributed by atoms with E-state index in [-0.39, 0.29) is 11.5 Å². The predicted molar refractivity (Wildman–Crippen MR) is 95.9 cm³/mol. The summed E-state index contributed by atoms with van der Waals surface area (Å²) in [7, 11) is 1.47. The van der Waals surface area contributed by atoms with E-state index in [4.69, 9.17) is 14.7 Å². The lowest BCUT2D eigenvalue weighted by Gasteiger charge is -2.09. The third-order valence-corrected chi connectivity index (χ3v) is 4.07. The molecule has 2 rings (SSSR count). The molecule has 136 valence electrons. The number of methoxy groups -OCH3 is 1. The van der Waals surface area contributed by atoms with Crippen molar-refractivity contribution in [2.75, 3.05) is 13.7 Å². The second-order valence-corrected chi connectivity index (χ2v) is 6.10. The molecule has 0 atom stereocenters. The Hall–Kier alpha value is -2.99. The summed E-state index contributed by atoms with van der Waals surface area (Å²) in [6.07, 6.45) is 3.17. The molecule has 0 bridgehead atoms. The lowest BCUT2D eigenvalue weighted by atomic mass is 10.2. The summed E-state index contributed by atoms with van der Waals surface area (Å²) in [4.78, 5) is 15.9. The lowest BCUT2D eigenvalue weighted by Crippen LogP contribution is -1.99. The van der Waals surface area contributed by atoms with Crippen LogP contribution in [0.4, 0.5) is 0 Å². The molecular weight excluding hydrogens is 356 g/mol. The average Bonchev–Trinajstić information content (AvgIpc) is 3.07. The van der Waals surface area contributed by atoms with Gasteiger partial charge in [-0.25, -0.2) is 9.78 Å². The van der Waals surface area contributed by atoms with Crippen molar-refractivity contribution in [3.63, 3.8) is 0 Å². The number of aromatic nitrogens is 3. The van der Waals surface area contributed by atoms with E-state index in [9.17, 15) is 9.90 Å². The van der Waals surface area contributed by atoms with Gasteiger partial charge >= 0.3 is 5.97 Å². The maximum atomic E-state index is 11.6. The van der Waals surface area contributed by atoms with E-state index in [1.54, 1.807) is 18.2 Å². The molecule has 0 amide bonds. The number of aromatic amines is 1. The molecule has 0 saturated heterocycles. The summed E-state index contributed by atoms with van der Waals surface area (Å²) < 4.78 is 10.5. The van der Waals surface area contributed by atoms with Crippen LogP contribution in [0.1, 0.15) is 24.7 Å². The number of H-pyrrole nitrogens is 1. The molecule has 26 heavy (non-hydrogen) atoms. The Morgan fingerprint density at radius 2 is 2.27 bits per heavy atom. The number of thioether (sulfide) groups is 1. The summed E-state index contributed by atoms with van der Waals surface area (Å²) >= 11 is 0.963. The first-order chi connectivity index (χ1) is 12.6. The van der Waals surface area contributed by atoms with Crippen molar-refractivity contribution in [1.82, 2.24) is 15.2 Å². The summed E-state index contributed by atoms with van der Waals surface area (Å²) in [6.45, 7) is 1.92. The van der Waals surface area contributed by atoms with Crippen LogP contribution in [0.25, 0.3) is 6.08 Å². The van der Waals surface area contributed by atoms with E-state index < -0.39 is 5.97 Å². The molecule has 0 unspecified atom stereocenters. The van der Waals surface area contributed by atoms with Crippen LogP contribution in [0, 0.1) is 11.3 Å². The summed E-state index contributed by atoms with van der Waals surface area (Å²) in [6, 6.07) is 6.82. The largest absolute Gasteiger partial charge is 0.493 e. The van der Waals surface area contributed by atoms with E-state index in [1.165, 1.54) is 13.2 Å². The maximum Gasteiger partial charge on any atom is 0.342 e. The molecular formula is C17H18N4O4S. The van der Waals surface area contributed by atoms with Crippen molar-refractivity contribution in [3.8, 4) is 17.6 Å². The van der Waals surface area contributed by atoms with Gasteiger partial charge in [-0.2, -0.15) is 5.26 Å². The molecule has 1 aromatic heterocycles. The van der Waals surface area contributed by atoms with Crippen LogP contribution in [-0.4, -0.2) is 40.0 Å². The highest BCUT2D eigenvalue weighted by Gasteiger charge is 2.14. The maximum absolute atomic E-state index is 11.6. The minimum absolute atomic E-state index is 0.0693. The Balaban J connectivity index is 2.24. The van der Waals surface area contributed by atoms with E-state index >= 15 is 0 Å². The number of hydrogen-bond donors (Lipinski definition) is 2. The molecule has 8 nitrogen and oxygen atoms in total.